The lowest BCUT2D eigenvalue weighted by Crippen LogP contribution is -2.53. The number of carbonyl (C=O) groups is 1. The minimum absolute atomic E-state index is 0.0389. The van der Waals surface area contributed by atoms with Gasteiger partial charge in [-0.1, -0.05) is 19.9 Å². The molecule has 0 spiro atoms. The van der Waals surface area contributed by atoms with E-state index < -0.39 is 22.8 Å². The van der Waals surface area contributed by atoms with Crippen molar-refractivity contribution in [1.29, 1.82) is 0 Å². The van der Waals surface area contributed by atoms with Crippen LogP contribution in [-0.4, -0.2) is 56.7 Å². The topological polar surface area (TPSA) is 142 Å². The van der Waals surface area contributed by atoms with Crippen molar-refractivity contribution >= 4 is 11.7 Å². The van der Waals surface area contributed by atoms with Crippen molar-refractivity contribution in [3.05, 3.63) is 77.5 Å². The molecule has 3 aromatic heterocycles. The monoisotopic (exact) mass is 677 g/mol. The molecule has 0 radical (unpaired) electrons. The Hall–Kier alpha value is -4.62. The summed E-state index contributed by atoms with van der Waals surface area (Å²) in [6, 6.07) is 10.9. The van der Waals surface area contributed by atoms with E-state index >= 15 is 0 Å². The first-order valence-electron chi connectivity index (χ1n) is 16.0. The van der Waals surface area contributed by atoms with Crippen molar-refractivity contribution in [2.75, 3.05) is 24.7 Å². The first kappa shape index (κ1) is 35.7. The van der Waals surface area contributed by atoms with E-state index in [0.29, 0.717) is 52.0 Å². The zero-order chi connectivity index (χ0) is 35.7. The molecule has 260 valence electrons. The molecule has 13 heteroatoms. The number of hydrogen-bond acceptors (Lipinski definition) is 9. The molecule has 1 aliphatic heterocycles. The normalized spacial score (nSPS) is 15.6. The van der Waals surface area contributed by atoms with Gasteiger partial charge in [-0.15, -0.1) is 0 Å². The highest BCUT2D eigenvalue weighted by molar-refractivity contribution is 6.02. The van der Waals surface area contributed by atoms with Crippen molar-refractivity contribution in [3.8, 4) is 34.0 Å². The van der Waals surface area contributed by atoms with Gasteiger partial charge >= 0.3 is 6.18 Å². The molecule has 2 atom stereocenters. The number of aromatic nitrogens is 4. The van der Waals surface area contributed by atoms with Crippen LogP contribution in [0.2, 0.25) is 0 Å². The Labute approximate surface area is 284 Å². The molecule has 10 nitrogen and oxygen atoms in total. The van der Waals surface area contributed by atoms with E-state index in [1.165, 1.54) is 17.2 Å². The van der Waals surface area contributed by atoms with E-state index in [9.17, 15) is 18.0 Å². The minimum Gasteiger partial charge on any atom is -0.491 e. The Morgan fingerprint density at radius 1 is 0.878 bits per heavy atom. The van der Waals surface area contributed by atoms with E-state index in [2.05, 4.69) is 19.9 Å². The molecule has 5 rings (SSSR count). The molecule has 0 unspecified atom stereocenters. The predicted molar refractivity (Wildman–Crippen MR) is 181 cm³/mol. The van der Waals surface area contributed by atoms with Gasteiger partial charge < -0.3 is 20.9 Å². The summed E-state index contributed by atoms with van der Waals surface area (Å²) in [5.74, 6) is 1.20. The molecule has 0 saturated heterocycles. The average Bonchev–Trinajstić information content (AvgIpc) is 3.32. The van der Waals surface area contributed by atoms with Crippen molar-refractivity contribution in [3.63, 3.8) is 0 Å². The van der Waals surface area contributed by atoms with Gasteiger partial charge in [0.2, 0.25) is 5.91 Å². The molecule has 0 saturated carbocycles. The molecule has 4 N–H and O–H groups in total. The number of nitrogens with two attached hydrogens (primary N) is 2. The first-order chi connectivity index (χ1) is 22.9. The lowest BCUT2D eigenvalue weighted by atomic mass is 9.92. The first-order valence-corrected chi connectivity index (χ1v) is 16.0. The summed E-state index contributed by atoms with van der Waals surface area (Å²) in [5.41, 5.74) is 13.5. The van der Waals surface area contributed by atoms with Gasteiger partial charge in [0.1, 0.15) is 36.4 Å². The van der Waals surface area contributed by atoms with Gasteiger partial charge in [-0.25, -0.2) is 19.9 Å². The number of hydrogen-bond donors (Lipinski definition) is 2. The highest BCUT2D eigenvalue weighted by Crippen LogP contribution is 2.42. The van der Waals surface area contributed by atoms with Crippen molar-refractivity contribution in [2.45, 2.75) is 71.6 Å². The lowest BCUT2D eigenvalue weighted by Gasteiger charge is -2.30. The molecule has 0 fully saturated rings. The molecule has 0 aliphatic carbocycles. The molecule has 1 aromatic carbocycles. The summed E-state index contributed by atoms with van der Waals surface area (Å²) in [5, 5.41) is 0. The lowest BCUT2D eigenvalue weighted by molar-refractivity contribution is -0.139. The number of alkyl halides is 3. The quantitative estimate of drug-likeness (QED) is 0.183. The summed E-state index contributed by atoms with van der Waals surface area (Å²) in [6.07, 6.45) is -0.988. The number of rotatable bonds is 12. The van der Waals surface area contributed by atoms with Crippen LogP contribution < -0.4 is 25.8 Å². The fraction of sp³-hybridized carbons (Fsp3) is 0.417. The largest absolute Gasteiger partial charge is 0.491 e. The smallest absolute Gasteiger partial charge is 0.419 e. The number of aryl methyl sites for hydroxylation is 2. The van der Waals surface area contributed by atoms with Crippen molar-refractivity contribution in [2.24, 2.45) is 17.4 Å². The maximum absolute atomic E-state index is 14.3. The van der Waals surface area contributed by atoms with Gasteiger partial charge in [0, 0.05) is 30.0 Å². The highest BCUT2D eigenvalue weighted by Gasteiger charge is 2.38. The number of carbonyl (C=O) groups excluding carboxylic acids is 1. The van der Waals surface area contributed by atoms with Crippen LogP contribution in [0.3, 0.4) is 0 Å². The Morgan fingerprint density at radius 2 is 1.53 bits per heavy atom. The van der Waals surface area contributed by atoms with Gasteiger partial charge in [-0.2, -0.15) is 13.2 Å². The van der Waals surface area contributed by atoms with Crippen molar-refractivity contribution < 1.29 is 27.4 Å². The van der Waals surface area contributed by atoms with Crippen LogP contribution in [0.5, 0.6) is 11.5 Å². The molecule has 4 aromatic rings. The van der Waals surface area contributed by atoms with E-state index in [0.717, 1.165) is 6.07 Å². The molecule has 1 amide bonds. The molecular formula is C36H42F3N7O3. The molecule has 1 aliphatic rings. The SMILES string of the molecule is Cc1nccc(-c2ccc(OC[C@@](C)(N)CN3C(=O)Cc4c(-c5ccc(OC[C@@](C)(N)CC(C)C)c(C(F)(F)F)c5)ccnc43)c(C)n2)n1. The fourth-order valence-corrected chi connectivity index (χ4v) is 6.06. The third-order valence-electron chi connectivity index (χ3n) is 8.10. The van der Waals surface area contributed by atoms with Crippen LogP contribution in [0.15, 0.2) is 54.9 Å². The third kappa shape index (κ3) is 8.52. The van der Waals surface area contributed by atoms with Crippen LogP contribution in [0.1, 0.15) is 56.8 Å². The van der Waals surface area contributed by atoms with Gasteiger partial charge in [0.05, 0.1) is 34.6 Å². The fourth-order valence-electron chi connectivity index (χ4n) is 6.06. The molecule has 4 heterocycles. The number of fused-ring (bicyclic) bond motifs is 1. The van der Waals surface area contributed by atoms with E-state index in [1.54, 1.807) is 57.3 Å². The minimum atomic E-state index is -4.68. The van der Waals surface area contributed by atoms with Gasteiger partial charge in [-0.3, -0.25) is 9.69 Å². The Morgan fingerprint density at radius 3 is 2.20 bits per heavy atom. The summed E-state index contributed by atoms with van der Waals surface area (Å²) >= 11 is 0. The number of nitrogens with zero attached hydrogens (tertiary/aromatic N) is 5. The maximum Gasteiger partial charge on any atom is 0.419 e. The number of amides is 1. The third-order valence-corrected chi connectivity index (χ3v) is 8.10. The molecule has 49 heavy (non-hydrogen) atoms. The van der Waals surface area contributed by atoms with Crippen molar-refractivity contribution in [1.82, 2.24) is 19.9 Å². The summed E-state index contributed by atoms with van der Waals surface area (Å²) in [7, 11) is 0. The Kier molecular flexibility index (Phi) is 9.98. The van der Waals surface area contributed by atoms with Crippen LogP contribution in [-0.2, 0) is 17.4 Å². The summed E-state index contributed by atoms with van der Waals surface area (Å²) in [6.45, 7) is 11.2. The van der Waals surface area contributed by atoms with Gasteiger partial charge in [0.15, 0.2) is 0 Å². The predicted octanol–water partition coefficient (Wildman–Crippen LogP) is 6.06. The Bertz CT molecular complexity index is 1840. The number of anilines is 1. The van der Waals surface area contributed by atoms with Gasteiger partial charge in [-0.05, 0) is 87.6 Å². The summed E-state index contributed by atoms with van der Waals surface area (Å²) < 4.78 is 54.5. The molecule has 0 bridgehead atoms. The zero-order valence-corrected chi connectivity index (χ0v) is 28.6. The number of halogens is 3. The molecular weight excluding hydrogens is 635 g/mol. The van der Waals surface area contributed by atoms with Crippen LogP contribution >= 0.6 is 0 Å². The van der Waals surface area contributed by atoms with Crippen LogP contribution in [0.25, 0.3) is 22.5 Å². The second kappa shape index (κ2) is 13.7. The number of pyridine rings is 2. The van der Waals surface area contributed by atoms with Crippen LogP contribution in [0.4, 0.5) is 19.0 Å². The van der Waals surface area contributed by atoms with E-state index in [1.807, 2.05) is 20.8 Å². The second-order valence-electron chi connectivity index (χ2n) is 13.8. The average molecular weight is 678 g/mol. The maximum atomic E-state index is 14.3. The number of ether oxygens (including phenoxy) is 2. The second-order valence-corrected chi connectivity index (χ2v) is 13.8. The van der Waals surface area contributed by atoms with E-state index in [4.69, 9.17) is 20.9 Å². The standard InChI is InChI=1S/C36H42F3N7O3/c1-21(2)17-34(5,40)19-49-31-9-7-24(15-27(31)36(37,38)39)25-11-13-43-33-26(25)16-32(47)46(33)18-35(6,41)20-48-30-10-8-28(44-22(30)3)29-12-14-42-23(4)45-29/h7-15,21H,16-20,40-41H2,1-6H3/t34-,35-/m0/s1. The van der Waals surface area contributed by atoms with E-state index in [-0.39, 0.29) is 49.3 Å². The summed E-state index contributed by atoms with van der Waals surface area (Å²) in [4.78, 5) is 32.4. The zero-order valence-electron chi connectivity index (χ0n) is 28.6. The van der Waals surface area contributed by atoms with Crippen LogP contribution in [0, 0.1) is 19.8 Å². The Balaban J connectivity index is 1.33. The number of benzene rings is 1. The highest BCUT2D eigenvalue weighted by atomic mass is 19.4. The van der Waals surface area contributed by atoms with Gasteiger partial charge in [0.25, 0.3) is 0 Å².